The van der Waals surface area contributed by atoms with E-state index in [1.165, 1.54) is 35.5 Å². The zero-order chi connectivity index (χ0) is 11.7. The van der Waals surface area contributed by atoms with Crippen molar-refractivity contribution in [1.82, 2.24) is 4.98 Å². The Labute approximate surface area is 106 Å². The number of benzene rings is 1. The van der Waals surface area contributed by atoms with Crippen LogP contribution < -0.4 is 4.90 Å². The Bertz CT molecular complexity index is 493. The van der Waals surface area contributed by atoms with Gasteiger partial charge in [0.1, 0.15) is 0 Å². The average Bonchev–Trinajstić information content (AvgIpc) is 2.99. The molecule has 1 aromatic carbocycles. The first kappa shape index (κ1) is 10.8. The highest BCUT2D eigenvalue weighted by Gasteiger charge is 2.20. The third-order valence-corrected chi connectivity index (χ3v) is 4.27. The van der Waals surface area contributed by atoms with Gasteiger partial charge in [0, 0.05) is 24.5 Å². The minimum Gasteiger partial charge on any atom is -0.369 e. The summed E-state index contributed by atoms with van der Waals surface area (Å²) in [5.74, 6) is 0. The lowest BCUT2D eigenvalue weighted by Gasteiger charge is -2.24. The molecule has 1 saturated heterocycles. The van der Waals surface area contributed by atoms with Gasteiger partial charge in [-0.1, -0.05) is 12.1 Å². The van der Waals surface area contributed by atoms with E-state index in [1.807, 2.05) is 11.7 Å². The Morgan fingerprint density at radius 3 is 3.06 bits per heavy atom. The number of aromatic nitrogens is 1. The van der Waals surface area contributed by atoms with E-state index in [4.69, 9.17) is 0 Å². The van der Waals surface area contributed by atoms with Gasteiger partial charge in [-0.3, -0.25) is 4.98 Å². The molecule has 2 aromatic rings. The number of thiazole rings is 1. The number of nitrogens with zero attached hydrogens (tertiary/aromatic N) is 2. The molecule has 2 heterocycles. The predicted octanol–water partition coefficient (Wildman–Crippen LogP) is 3.80. The maximum atomic E-state index is 4.15. The molecule has 0 aliphatic carbocycles. The Kier molecular flexibility index (Phi) is 2.85. The summed E-state index contributed by atoms with van der Waals surface area (Å²) in [7, 11) is 0. The monoisotopic (exact) mass is 244 g/mol. The summed E-state index contributed by atoms with van der Waals surface area (Å²) in [6.07, 6.45) is 4.56. The van der Waals surface area contributed by atoms with Crippen molar-refractivity contribution in [3.05, 3.63) is 36.0 Å². The van der Waals surface area contributed by atoms with E-state index in [2.05, 4.69) is 41.1 Å². The lowest BCUT2D eigenvalue weighted by atomic mass is 10.1. The van der Waals surface area contributed by atoms with E-state index in [0.717, 1.165) is 0 Å². The smallest absolute Gasteiger partial charge is 0.0797 e. The maximum Gasteiger partial charge on any atom is 0.0797 e. The molecule has 3 rings (SSSR count). The fourth-order valence-electron chi connectivity index (χ4n) is 2.51. The molecule has 0 saturated carbocycles. The summed E-state index contributed by atoms with van der Waals surface area (Å²) in [5, 5.41) is 0. The molecule has 0 radical (unpaired) electrons. The van der Waals surface area contributed by atoms with Crippen molar-refractivity contribution in [3.63, 3.8) is 0 Å². The third-order valence-electron chi connectivity index (χ3n) is 3.45. The average molecular weight is 244 g/mol. The van der Waals surface area contributed by atoms with Crippen LogP contribution in [0.1, 0.15) is 19.8 Å². The summed E-state index contributed by atoms with van der Waals surface area (Å²) in [4.78, 5) is 7.90. The molecule has 17 heavy (non-hydrogen) atoms. The van der Waals surface area contributed by atoms with Crippen molar-refractivity contribution in [1.29, 1.82) is 0 Å². The highest BCUT2D eigenvalue weighted by atomic mass is 32.1. The summed E-state index contributed by atoms with van der Waals surface area (Å²) >= 11 is 1.70. The fourth-order valence-corrected chi connectivity index (χ4v) is 3.13. The minimum atomic E-state index is 0.673. The van der Waals surface area contributed by atoms with Gasteiger partial charge in [-0.2, -0.15) is 0 Å². The first-order chi connectivity index (χ1) is 8.34. The van der Waals surface area contributed by atoms with Crippen molar-refractivity contribution in [2.45, 2.75) is 25.8 Å². The van der Waals surface area contributed by atoms with Gasteiger partial charge in [0.05, 0.1) is 10.4 Å². The highest BCUT2D eigenvalue weighted by molar-refractivity contribution is 7.13. The van der Waals surface area contributed by atoms with Crippen molar-refractivity contribution in [2.75, 3.05) is 11.4 Å². The van der Waals surface area contributed by atoms with Crippen LogP contribution in [0.5, 0.6) is 0 Å². The Balaban J connectivity index is 1.94. The number of anilines is 1. The van der Waals surface area contributed by atoms with Gasteiger partial charge in [0.25, 0.3) is 0 Å². The van der Waals surface area contributed by atoms with E-state index >= 15 is 0 Å². The van der Waals surface area contributed by atoms with Crippen LogP contribution in [0.15, 0.2) is 36.0 Å². The van der Waals surface area contributed by atoms with Gasteiger partial charge in [-0.25, -0.2) is 0 Å². The van der Waals surface area contributed by atoms with Crippen LogP contribution in [0.25, 0.3) is 10.4 Å². The largest absolute Gasteiger partial charge is 0.369 e. The van der Waals surface area contributed by atoms with Crippen LogP contribution in [0.4, 0.5) is 5.69 Å². The van der Waals surface area contributed by atoms with Gasteiger partial charge in [0.2, 0.25) is 0 Å². The summed E-state index contributed by atoms with van der Waals surface area (Å²) in [6, 6.07) is 9.49. The summed E-state index contributed by atoms with van der Waals surface area (Å²) in [5.41, 5.74) is 4.52. The summed E-state index contributed by atoms with van der Waals surface area (Å²) in [6.45, 7) is 3.50. The molecule has 1 aromatic heterocycles. The van der Waals surface area contributed by atoms with Gasteiger partial charge >= 0.3 is 0 Å². The topological polar surface area (TPSA) is 16.1 Å². The van der Waals surface area contributed by atoms with Crippen molar-refractivity contribution < 1.29 is 0 Å². The zero-order valence-electron chi connectivity index (χ0n) is 9.97. The molecule has 0 amide bonds. The molecule has 2 nitrogen and oxygen atoms in total. The summed E-state index contributed by atoms with van der Waals surface area (Å²) < 4.78 is 0. The predicted molar refractivity (Wildman–Crippen MR) is 73.6 cm³/mol. The van der Waals surface area contributed by atoms with Gasteiger partial charge < -0.3 is 4.90 Å². The number of rotatable bonds is 2. The molecule has 88 valence electrons. The third kappa shape index (κ3) is 2.07. The number of hydrogen-bond acceptors (Lipinski definition) is 3. The normalized spacial score (nSPS) is 19.8. The molecule has 0 spiro atoms. The van der Waals surface area contributed by atoms with Gasteiger partial charge in [-0.15, -0.1) is 11.3 Å². The van der Waals surface area contributed by atoms with Crippen molar-refractivity contribution >= 4 is 17.0 Å². The van der Waals surface area contributed by atoms with E-state index in [-0.39, 0.29) is 0 Å². The second-order valence-electron chi connectivity index (χ2n) is 4.60. The first-order valence-corrected chi connectivity index (χ1v) is 6.98. The molecule has 1 fully saturated rings. The van der Waals surface area contributed by atoms with E-state index in [0.29, 0.717) is 6.04 Å². The van der Waals surface area contributed by atoms with Crippen LogP contribution >= 0.6 is 11.3 Å². The lowest BCUT2D eigenvalue weighted by molar-refractivity contribution is 0.735. The SMILES string of the molecule is CC1CCCN1c1cccc(-c2cncs2)c1. The quantitative estimate of drug-likeness (QED) is 0.799. The molecule has 1 aliphatic rings. The maximum absolute atomic E-state index is 4.15. The number of hydrogen-bond donors (Lipinski definition) is 0. The molecular formula is C14H16N2S. The molecular weight excluding hydrogens is 228 g/mol. The van der Waals surface area contributed by atoms with Gasteiger partial charge in [0.15, 0.2) is 0 Å². The van der Waals surface area contributed by atoms with E-state index in [1.54, 1.807) is 11.3 Å². The Hall–Kier alpha value is -1.35. The molecule has 1 aliphatic heterocycles. The lowest BCUT2D eigenvalue weighted by Crippen LogP contribution is -2.26. The second-order valence-corrected chi connectivity index (χ2v) is 5.49. The minimum absolute atomic E-state index is 0.673. The van der Waals surface area contributed by atoms with Crippen molar-refractivity contribution in [3.8, 4) is 10.4 Å². The van der Waals surface area contributed by atoms with Gasteiger partial charge in [-0.05, 0) is 37.5 Å². The zero-order valence-corrected chi connectivity index (χ0v) is 10.8. The first-order valence-electron chi connectivity index (χ1n) is 6.10. The molecule has 0 bridgehead atoms. The van der Waals surface area contributed by atoms with Crippen LogP contribution in [0.3, 0.4) is 0 Å². The second kappa shape index (κ2) is 4.49. The molecule has 1 unspecified atom stereocenters. The Morgan fingerprint density at radius 1 is 1.41 bits per heavy atom. The molecule has 3 heteroatoms. The van der Waals surface area contributed by atoms with Crippen molar-refractivity contribution in [2.24, 2.45) is 0 Å². The fraction of sp³-hybridized carbons (Fsp3) is 0.357. The van der Waals surface area contributed by atoms with Crippen LogP contribution in [-0.4, -0.2) is 17.6 Å². The van der Waals surface area contributed by atoms with Crippen LogP contribution in [-0.2, 0) is 0 Å². The van der Waals surface area contributed by atoms with Crippen LogP contribution in [0.2, 0.25) is 0 Å². The molecule has 1 atom stereocenters. The molecule has 0 N–H and O–H groups in total. The highest BCUT2D eigenvalue weighted by Crippen LogP contribution is 2.30. The standard InChI is InChI=1S/C14H16N2S/c1-11-4-3-7-16(11)13-6-2-5-12(8-13)14-9-15-10-17-14/h2,5-6,8-11H,3-4,7H2,1H3. The van der Waals surface area contributed by atoms with E-state index in [9.17, 15) is 0 Å². The van der Waals surface area contributed by atoms with E-state index < -0.39 is 0 Å². The van der Waals surface area contributed by atoms with Crippen LogP contribution in [0, 0.1) is 0 Å². The Morgan fingerprint density at radius 2 is 2.35 bits per heavy atom.